The van der Waals surface area contributed by atoms with Gasteiger partial charge in [0.1, 0.15) is 38.1 Å². The number of para-hydroxylation sites is 4. The average molecular weight is 906 g/mol. The molecule has 1 aliphatic rings. The molecule has 64 heavy (non-hydrogen) atoms. The Morgan fingerprint density at radius 3 is 1.56 bits per heavy atom. The van der Waals surface area contributed by atoms with Gasteiger partial charge in [0.05, 0.1) is 29.3 Å². The monoisotopic (exact) mass is 904 g/mol. The molecule has 1 fully saturated rings. The molecule has 314 valence electrons. The Kier molecular flexibility index (Phi) is 9.54. The number of fused-ring (bicyclic) bond motifs is 12. The van der Waals surface area contributed by atoms with Crippen molar-refractivity contribution in [3.8, 4) is 11.3 Å². The van der Waals surface area contributed by atoms with Gasteiger partial charge < -0.3 is 27.0 Å². The number of furan rings is 4. The number of hydrogen-bond donors (Lipinski definition) is 0. The van der Waals surface area contributed by atoms with Crippen LogP contribution in [-0.4, -0.2) is 28.3 Å². The first kappa shape index (κ1) is 40.1. The van der Waals surface area contributed by atoms with Crippen LogP contribution in [0.5, 0.6) is 0 Å². The van der Waals surface area contributed by atoms with Crippen molar-refractivity contribution in [1.29, 1.82) is 0 Å². The molecule has 8 nitrogen and oxygen atoms in total. The summed E-state index contributed by atoms with van der Waals surface area (Å²) in [4.78, 5) is 8.78. The number of nitrogens with zero attached hydrogens (tertiary/aromatic N) is 2. The van der Waals surface area contributed by atoms with Gasteiger partial charge in [0.2, 0.25) is 0 Å². The molecule has 0 atom stereocenters. The molecule has 12 aromatic rings. The van der Waals surface area contributed by atoms with E-state index >= 15 is 0 Å². The van der Waals surface area contributed by atoms with Gasteiger partial charge in [-0.2, -0.15) is 0 Å². The van der Waals surface area contributed by atoms with Crippen LogP contribution in [0.15, 0.2) is 168 Å². The van der Waals surface area contributed by atoms with Crippen LogP contribution in [0.2, 0.25) is 0 Å². The van der Waals surface area contributed by atoms with Crippen molar-refractivity contribution in [3.05, 3.63) is 162 Å². The van der Waals surface area contributed by atoms with Gasteiger partial charge in [-0.3, -0.25) is 4.98 Å². The van der Waals surface area contributed by atoms with Crippen molar-refractivity contribution in [2.24, 2.45) is 0 Å². The third-order valence-corrected chi connectivity index (χ3v) is 13.1. The number of hydrogen-bond acceptors (Lipinski definition) is 8. The fourth-order valence-corrected chi connectivity index (χ4v) is 8.91. The Bertz CT molecular complexity index is 3750. The maximum atomic E-state index is 6.24. The highest BCUT2D eigenvalue weighted by Gasteiger charge is 2.52. The van der Waals surface area contributed by atoms with Crippen LogP contribution in [-0.2, 0) is 9.31 Å². The molecule has 6 aromatic heterocycles. The number of benzene rings is 6. The minimum atomic E-state index is -0.412. The van der Waals surface area contributed by atoms with Gasteiger partial charge in [0.25, 0.3) is 0 Å². The van der Waals surface area contributed by atoms with E-state index in [0.29, 0.717) is 0 Å². The van der Waals surface area contributed by atoms with E-state index in [4.69, 9.17) is 27.0 Å². The van der Waals surface area contributed by atoms with Gasteiger partial charge in [-0.15, -0.1) is 0 Å². The Morgan fingerprint density at radius 2 is 0.938 bits per heavy atom. The fraction of sp³-hybridized carbons (Fsp3) is 0.148. The first-order chi connectivity index (χ1) is 30.9. The molecule has 0 saturated carbocycles. The molecular weight excluding hydrogens is 863 g/mol. The SMILES string of the molecule is Brc1cc2c(cn1)oc1ccccc12.Cc1ccc2c(c1)oc1c(-c3cc4c(cn3)oc3ccccc34)cccc12.Cc1ccc2c(c1)oc1c(B3OC(C)(C)C(C)(C)O3)cccc12. The number of aryl methyl sites for hydroxylation is 2. The van der Waals surface area contributed by atoms with Crippen molar-refractivity contribution in [3.63, 3.8) is 0 Å². The highest BCUT2D eigenvalue weighted by Crippen LogP contribution is 2.40. The highest BCUT2D eigenvalue weighted by atomic mass is 79.9. The van der Waals surface area contributed by atoms with Gasteiger partial charge in [-0.25, -0.2) is 4.98 Å². The van der Waals surface area contributed by atoms with Crippen LogP contribution < -0.4 is 5.46 Å². The van der Waals surface area contributed by atoms with Crippen molar-refractivity contribution in [1.82, 2.24) is 9.97 Å². The third kappa shape index (κ3) is 6.84. The lowest BCUT2D eigenvalue weighted by molar-refractivity contribution is 0.00578. The van der Waals surface area contributed by atoms with Crippen LogP contribution in [0, 0.1) is 13.8 Å². The van der Waals surface area contributed by atoms with E-state index in [1.807, 2.05) is 60.7 Å². The molecule has 1 aliphatic heterocycles. The first-order valence-electron chi connectivity index (χ1n) is 21.3. The lowest BCUT2D eigenvalue weighted by Gasteiger charge is -2.32. The van der Waals surface area contributed by atoms with Crippen molar-refractivity contribution < 1.29 is 27.0 Å². The number of halogens is 1. The molecule has 10 heteroatoms. The molecule has 1 saturated heterocycles. The summed E-state index contributed by atoms with van der Waals surface area (Å²) in [7, 11) is -0.412. The topological polar surface area (TPSA) is 96.8 Å². The zero-order valence-electron chi connectivity index (χ0n) is 36.2. The van der Waals surface area contributed by atoms with Crippen molar-refractivity contribution >= 4 is 116 Å². The van der Waals surface area contributed by atoms with Crippen LogP contribution in [0.4, 0.5) is 0 Å². The third-order valence-electron chi connectivity index (χ3n) is 12.6. The van der Waals surface area contributed by atoms with Crippen LogP contribution in [0.25, 0.3) is 99.0 Å². The molecule has 13 rings (SSSR count). The largest absolute Gasteiger partial charge is 0.498 e. The van der Waals surface area contributed by atoms with Gasteiger partial charge in [0, 0.05) is 54.1 Å². The lowest BCUT2D eigenvalue weighted by atomic mass is 9.78. The van der Waals surface area contributed by atoms with Crippen molar-refractivity contribution in [2.75, 3.05) is 0 Å². The fourth-order valence-electron chi connectivity index (χ4n) is 8.57. The van der Waals surface area contributed by atoms with Gasteiger partial charge >= 0.3 is 7.12 Å². The Labute approximate surface area is 377 Å². The molecule has 0 N–H and O–H groups in total. The Hall–Kier alpha value is -6.72. The number of aromatic nitrogens is 2. The van der Waals surface area contributed by atoms with E-state index < -0.39 is 7.12 Å². The summed E-state index contributed by atoms with van der Waals surface area (Å²) < 4.78 is 37.1. The Balaban J connectivity index is 0.000000112. The normalized spacial score (nSPS) is 14.6. The quantitative estimate of drug-likeness (QED) is 0.125. The predicted molar refractivity (Wildman–Crippen MR) is 262 cm³/mol. The lowest BCUT2D eigenvalue weighted by Crippen LogP contribution is -2.41. The summed E-state index contributed by atoms with van der Waals surface area (Å²) in [5.41, 5.74) is 11.4. The second kappa shape index (κ2) is 15.2. The molecule has 0 spiro atoms. The summed E-state index contributed by atoms with van der Waals surface area (Å²) in [5, 5.41) is 8.88. The molecule has 0 unspecified atom stereocenters. The van der Waals surface area contributed by atoms with Crippen molar-refractivity contribution in [2.45, 2.75) is 52.7 Å². The van der Waals surface area contributed by atoms with Gasteiger partial charge in [-0.05, 0) is 111 Å². The predicted octanol–water partition coefficient (Wildman–Crippen LogP) is 14.8. The van der Waals surface area contributed by atoms with Crippen LogP contribution in [0.3, 0.4) is 0 Å². The van der Waals surface area contributed by atoms with E-state index in [1.165, 1.54) is 11.1 Å². The van der Waals surface area contributed by atoms with Crippen LogP contribution in [0.1, 0.15) is 38.8 Å². The molecule has 0 amide bonds. The van der Waals surface area contributed by atoms with E-state index in [9.17, 15) is 0 Å². The number of pyridine rings is 2. The van der Waals surface area contributed by atoms with Gasteiger partial charge in [-0.1, -0.05) is 91.0 Å². The van der Waals surface area contributed by atoms with Crippen LogP contribution >= 0.6 is 15.9 Å². The minimum absolute atomic E-state index is 0.359. The maximum absolute atomic E-state index is 6.24. The van der Waals surface area contributed by atoms with E-state index in [0.717, 1.165) is 109 Å². The molecular formula is C54H42BBrN2O6. The summed E-state index contributed by atoms with van der Waals surface area (Å²) in [6, 6.07) is 45.1. The zero-order valence-corrected chi connectivity index (χ0v) is 37.7. The summed E-state index contributed by atoms with van der Waals surface area (Å²) in [5.74, 6) is 0. The molecule has 0 aliphatic carbocycles. The molecule has 7 heterocycles. The second-order valence-electron chi connectivity index (χ2n) is 17.5. The molecule has 6 aromatic carbocycles. The van der Waals surface area contributed by atoms with E-state index in [1.54, 1.807) is 12.4 Å². The zero-order chi connectivity index (χ0) is 43.9. The van der Waals surface area contributed by atoms with E-state index in [2.05, 4.69) is 140 Å². The van der Waals surface area contributed by atoms with Gasteiger partial charge in [0.15, 0.2) is 11.2 Å². The smallest absolute Gasteiger partial charge is 0.456 e. The standard InChI is InChI=1S/C24H15NO2.C19H21BO3.C11H6BrNO/c1-14-9-10-16-17-6-4-7-18(24(17)27-22(16)11-14)20-12-19-15-5-2-3-8-21(15)26-23(19)13-25-20;1-12-9-10-13-14-7-6-8-15(17(14)21-16(13)11-12)20-22-18(2,3)19(4,5)23-20;12-11-5-8-7-3-1-2-4-9(7)14-10(8)6-13-11/h2-13H,1H3;6-11H,1-5H3;1-6H. The van der Waals surface area contributed by atoms with E-state index in [-0.39, 0.29) is 11.2 Å². The number of rotatable bonds is 2. The average Bonchev–Trinajstić information content (AvgIpc) is 4.08. The second-order valence-corrected chi connectivity index (χ2v) is 18.3. The highest BCUT2D eigenvalue weighted by molar-refractivity contribution is 9.10. The Morgan fingerprint density at radius 1 is 0.438 bits per heavy atom. The molecule has 0 bridgehead atoms. The summed E-state index contributed by atoms with van der Waals surface area (Å²) in [6.07, 6.45) is 3.54. The summed E-state index contributed by atoms with van der Waals surface area (Å²) >= 11 is 3.35. The molecule has 0 radical (unpaired) electrons. The first-order valence-corrected chi connectivity index (χ1v) is 22.1. The minimum Gasteiger partial charge on any atom is -0.456 e. The summed E-state index contributed by atoms with van der Waals surface area (Å²) in [6.45, 7) is 12.4. The maximum Gasteiger partial charge on any atom is 0.498 e.